The van der Waals surface area contributed by atoms with E-state index >= 15 is 0 Å². The summed E-state index contributed by atoms with van der Waals surface area (Å²) >= 11 is 0. The minimum absolute atomic E-state index is 0.0319. The summed E-state index contributed by atoms with van der Waals surface area (Å²) in [7, 11) is 0. The molecule has 0 fully saturated rings. The van der Waals surface area contributed by atoms with Crippen LogP contribution in [0.5, 0.6) is 0 Å². The number of carbonyl (C=O) groups excluding carboxylic acids is 3. The van der Waals surface area contributed by atoms with Crippen LogP contribution in [0, 0.1) is 11.7 Å². The summed E-state index contributed by atoms with van der Waals surface area (Å²) < 4.78 is 20.3. The van der Waals surface area contributed by atoms with Gasteiger partial charge in [-0.05, 0) is 50.6 Å². The van der Waals surface area contributed by atoms with Crippen LogP contribution in [0.15, 0.2) is 60.7 Å². The fraction of sp³-hybridized carbons (Fsp3) is 0.280. The van der Waals surface area contributed by atoms with Crippen molar-refractivity contribution in [2.75, 3.05) is 0 Å². The topological polar surface area (TPSA) is 78.3 Å². The van der Waals surface area contributed by atoms with Crippen LogP contribution < -0.4 is 0 Å². The molecule has 0 radical (unpaired) electrons. The number of Topliss-reactive ketones (excluding diaryl/α,β-unsaturated/α-hetero) is 1. The van der Waals surface area contributed by atoms with Gasteiger partial charge in [-0.25, -0.2) is 9.18 Å². The van der Waals surface area contributed by atoms with Crippen LogP contribution >= 0.6 is 0 Å². The summed E-state index contributed by atoms with van der Waals surface area (Å²) in [6.45, 7) is 5.28. The number of aromatic nitrogens is 2. The zero-order valence-electron chi connectivity index (χ0n) is 18.0. The molecule has 32 heavy (non-hydrogen) atoms. The van der Waals surface area contributed by atoms with Gasteiger partial charge in [0.15, 0.2) is 11.6 Å². The maximum Gasteiger partial charge on any atom is 0.435 e. The van der Waals surface area contributed by atoms with E-state index in [4.69, 9.17) is 4.74 Å². The van der Waals surface area contributed by atoms with Crippen molar-refractivity contribution in [2.24, 2.45) is 5.92 Å². The van der Waals surface area contributed by atoms with E-state index in [0.29, 0.717) is 22.2 Å². The van der Waals surface area contributed by atoms with Crippen LogP contribution in [0.4, 0.5) is 9.18 Å². The highest BCUT2D eigenvalue weighted by atomic mass is 19.1. The molecule has 0 bridgehead atoms. The van der Waals surface area contributed by atoms with Crippen molar-refractivity contribution in [1.29, 1.82) is 0 Å². The number of rotatable bonds is 3. The lowest BCUT2D eigenvalue weighted by Crippen LogP contribution is -2.33. The quantitative estimate of drug-likeness (QED) is 0.563. The Balaban J connectivity index is 1.68. The van der Waals surface area contributed by atoms with Gasteiger partial charge in [0.2, 0.25) is 0 Å². The molecule has 0 aliphatic heterocycles. The number of fused-ring (bicyclic) bond motifs is 1. The monoisotopic (exact) mass is 434 g/mol. The predicted octanol–water partition coefficient (Wildman–Crippen LogP) is 4.61. The molecule has 0 N–H and O–H groups in total. The summed E-state index contributed by atoms with van der Waals surface area (Å²) in [5.74, 6) is -2.79. The van der Waals surface area contributed by atoms with E-state index in [-0.39, 0.29) is 18.0 Å². The largest absolute Gasteiger partial charge is 0.442 e. The van der Waals surface area contributed by atoms with Gasteiger partial charge in [0, 0.05) is 11.8 Å². The highest BCUT2D eigenvalue weighted by Gasteiger charge is 2.36. The van der Waals surface area contributed by atoms with E-state index in [9.17, 15) is 18.8 Å². The minimum Gasteiger partial charge on any atom is -0.442 e. The van der Waals surface area contributed by atoms with Gasteiger partial charge in [-0.15, -0.1) is 0 Å². The van der Waals surface area contributed by atoms with Gasteiger partial charge >= 0.3 is 6.09 Å². The number of hydrogen-bond donors (Lipinski definition) is 0. The molecule has 2 atom stereocenters. The molecule has 1 aromatic heterocycles. The standard InChI is InChI=1S/C25H23FN2O4/c1-25(2,3)32-24(31)28-21-10-5-4-9-18(21)20(27-28)14-19-22(29)12-11-17(23(19)30)15-7-6-8-16(26)13-15/h4-13,17,19H,14H2,1-3H3. The van der Waals surface area contributed by atoms with Gasteiger partial charge in [-0.3, -0.25) is 9.59 Å². The number of benzene rings is 2. The molecule has 0 saturated carbocycles. The van der Waals surface area contributed by atoms with Crippen molar-refractivity contribution in [1.82, 2.24) is 9.78 Å². The predicted molar refractivity (Wildman–Crippen MR) is 117 cm³/mol. The maximum absolute atomic E-state index is 13.7. The fourth-order valence-electron chi connectivity index (χ4n) is 3.85. The van der Waals surface area contributed by atoms with Crippen LogP contribution in [0.2, 0.25) is 0 Å². The first-order valence-corrected chi connectivity index (χ1v) is 10.4. The molecule has 7 heteroatoms. The van der Waals surface area contributed by atoms with E-state index in [1.54, 1.807) is 51.1 Å². The molecular formula is C25H23FN2O4. The Morgan fingerprint density at radius 1 is 1.12 bits per heavy atom. The first kappa shape index (κ1) is 21.6. The number of halogens is 1. The molecule has 0 amide bonds. The third kappa shape index (κ3) is 4.23. The zero-order valence-corrected chi connectivity index (χ0v) is 18.0. The second kappa shape index (κ2) is 8.15. The van der Waals surface area contributed by atoms with Crippen LogP contribution in [0.3, 0.4) is 0 Å². The Labute approximate surface area is 184 Å². The Morgan fingerprint density at radius 3 is 2.59 bits per heavy atom. The number of ketones is 2. The summed E-state index contributed by atoms with van der Waals surface area (Å²) in [6.07, 6.45) is 2.27. The number of para-hydroxylation sites is 1. The Bertz CT molecular complexity index is 1250. The normalized spacial score (nSPS) is 18.9. The first-order chi connectivity index (χ1) is 15.1. The third-order valence-electron chi connectivity index (χ3n) is 5.28. The van der Waals surface area contributed by atoms with Crippen LogP contribution in [-0.4, -0.2) is 33.0 Å². The van der Waals surface area contributed by atoms with Crippen molar-refractivity contribution < 1.29 is 23.5 Å². The highest BCUT2D eigenvalue weighted by Crippen LogP contribution is 2.31. The fourth-order valence-corrected chi connectivity index (χ4v) is 3.85. The molecule has 1 aliphatic rings. The van der Waals surface area contributed by atoms with E-state index in [2.05, 4.69) is 5.10 Å². The number of allylic oxidation sites excluding steroid dienone is 2. The maximum atomic E-state index is 13.7. The Kier molecular flexibility index (Phi) is 5.50. The van der Waals surface area contributed by atoms with Gasteiger partial charge in [-0.1, -0.05) is 36.4 Å². The van der Waals surface area contributed by atoms with Crippen molar-refractivity contribution in [3.63, 3.8) is 0 Å². The van der Waals surface area contributed by atoms with Crippen LogP contribution in [-0.2, 0) is 20.7 Å². The molecule has 6 nitrogen and oxygen atoms in total. The number of nitrogens with zero attached hydrogens (tertiary/aromatic N) is 2. The molecule has 4 rings (SSSR count). The molecule has 0 spiro atoms. The second-order valence-electron chi connectivity index (χ2n) is 8.81. The van der Waals surface area contributed by atoms with E-state index in [1.165, 1.54) is 30.4 Å². The lowest BCUT2D eigenvalue weighted by atomic mass is 9.78. The zero-order chi connectivity index (χ0) is 23.0. The van der Waals surface area contributed by atoms with Crippen molar-refractivity contribution >= 4 is 28.6 Å². The molecule has 3 aromatic rings. The number of hydrogen-bond acceptors (Lipinski definition) is 5. The first-order valence-electron chi connectivity index (χ1n) is 10.4. The lowest BCUT2D eigenvalue weighted by Gasteiger charge is -2.22. The number of carbonyl (C=O) groups is 3. The Morgan fingerprint density at radius 2 is 1.88 bits per heavy atom. The summed E-state index contributed by atoms with van der Waals surface area (Å²) in [6, 6.07) is 12.9. The van der Waals surface area contributed by atoms with E-state index < -0.39 is 29.3 Å². The van der Waals surface area contributed by atoms with Crippen molar-refractivity contribution in [2.45, 2.75) is 38.7 Å². The van der Waals surface area contributed by atoms with Crippen LogP contribution in [0.25, 0.3) is 10.9 Å². The molecule has 0 saturated heterocycles. The molecule has 2 aromatic carbocycles. The molecular weight excluding hydrogens is 411 g/mol. The third-order valence-corrected chi connectivity index (χ3v) is 5.28. The average Bonchev–Trinajstić information content (AvgIpc) is 3.09. The molecule has 164 valence electrons. The summed E-state index contributed by atoms with van der Waals surface area (Å²) in [4.78, 5) is 38.5. The Hall–Kier alpha value is -3.61. The van der Waals surface area contributed by atoms with Gasteiger partial charge < -0.3 is 4.74 Å². The average molecular weight is 434 g/mol. The van der Waals surface area contributed by atoms with Crippen molar-refractivity contribution in [3.05, 3.63) is 77.8 Å². The minimum atomic E-state index is -0.973. The van der Waals surface area contributed by atoms with Gasteiger partial charge in [0.05, 0.1) is 23.0 Å². The smallest absolute Gasteiger partial charge is 0.435 e. The van der Waals surface area contributed by atoms with Crippen molar-refractivity contribution in [3.8, 4) is 0 Å². The molecule has 1 aliphatic carbocycles. The summed E-state index contributed by atoms with van der Waals surface area (Å²) in [5.41, 5.74) is 0.770. The van der Waals surface area contributed by atoms with E-state index in [1.807, 2.05) is 0 Å². The second-order valence-corrected chi connectivity index (χ2v) is 8.81. The van der Waals surface area contributed by atoms with Crippen LogP contribution in [0.1, 0.15) is 37.9 Å². The van der Waals surface area contributed by atoms with E-state index in [0.717, 1.165) is 4.68 Å². The SMILES string of the molecule is CC(C)(C)OC(=O)n1nc(CC2C(=O)C=CC(c3cccc(F)c3)C2=O)c2ccccc21. The molecule has 1 heterocycles. The highest BCUT2D eigenvalue weighted by molar-refractivity contribution is 6.13. The van der Waals surface area contributed by atoms with Gasteiger partial charge in [0.1, 0.15) is 11.4 Å². The van der Waals surface area contributed by atoms with Gasteiger partial charge in [0.25, 0.3) is 0 Å². The molecule has 2 unspecified atom stereocenters. The summed E-state index contributed by atoms with van der Waals surface area (Å²) in [5, 5.41) is 5.06. The number of ether oxygens (including phenoxy) is 1. The van der Waals surface area contributed by atoms with Gasteiger partial charge in [-0.2, -0.15) is 9.78 Å². The lowest BCUT2D eigenvalue weighted by molar-refractivity contribution is -0.131.